The standard InChI is InChI=1S/C18H20N2O6/c1-25-17-10-13(5-7-16(17)21)6-8-18(22)19-11-14-3-2-4-15(9-14)12-26-20(23)24/h2-10,21,23-24H,11-12H2,1H3,(H,19,22)/b8-6+. The molecule has 0 saturated heterocycles. The lowest BCUT2D eigenvalue weighted by Crippen LogP contribution is -2.20. The summed E-state index contributed by atoms with van der Waals surface area (Å²) in [5.74, 6) is 0.0787. The Hall–Kier alpha value is -2.91. The van der Waals surface area contributed by atoms with E-state index in [1.54, 1.807) is 36.4 Å². The van der Waals surface area contributed by atoms with Crippen LogP contribution in [0.25, 0.3) is 6.08 Å². The predicted octanol–water partition coefficient (Wildman–Crippen LogP) is 2.24. The summed E-state index contributed by atoms with van der Waals surface area (Å²) in [7, 11) is 1.45. The average Bonchev–Trinajstić information content (AvgIpc) is 2.64. The van der Waals surface area contributed by atoms with Crippen molar-refractivity contribution in [3.63, 3.8) is 0 Å². The number of aromatic hydroxyl groups is 1. The van der Waals surface area contributed by atoms with Crippen LogP contribution in [0.1, 0.15) is 16.7 Å². The van der Waals surface area contributed by atoms with E-state index in [2.05, 4.69) is 10.2 Å². The number of nitrogens with zero attached hydrogens (tertiary/aromatic N) is 1. The van der Waals surface area contributed by atoms with E-state index in [4.69, 9.17) is 15.2 Å². The van der Waals surface area contributed by atoms with Crippen LogP contribution in [0.5, 0.6) is 11.5 Å². The van der Waals surface area contributed by atoms with Gasteiger partial charge in [0.25, 0.3) is 0 Å². The van der Waals surface area contributed by atoms with Crippen LogP contribution in [0.4, 0.5) is 0 Å². The van der Waals surface area contributed by atoms with Gasteiger partial charge in [-0.1, -0.05) is 30.3 Å². The second kappa shape index (κ2) is 9.54. The lowest BCUT2D eigenvalue weighted by atomic mass is 10.1. The molecule has 0 saturated carbocycles. The van der Waals surface area contributed by atoms with Gasteiger partial charge in [-0.25, -0.2) is 4.84 Å². The van der Waals surface area contributed by atoms with E-state index in [0.717, 1.165) is 11.1 Å². The van der Waals surface area contributed by atoms with Gasteiger partial charge in [0, 0.05) is 12.6 Å². The van der Waals surface area contributed by atoms with Crippen molar-refractivity contribution in [2.24, 2.45) is 0 Å². The highest BCUT2D eigenvalue weighted by atomic mass is 17.1. The summed E-state index contributed by atoms with van der Waals surface area (Å²) in [4.78, 5) is 16.5. The molecule has 2 rings (SSSR count). The Labute approximate surface area is 150 Å². The summed E-state index contributed by atoms with van der Waals surface area (Å²) < 4.78 is 5.01. The average molecular weight is 360 g/mol. The molecule has 0 atom stereocenters. The molecule has 0 aliphatic rings. The largest absolute Gasteiger partial charge is 0.504 e. The van der Waals surface area contributed by atoms with Gasteiger partial charge in [-0.3, -0.25) is 15.2 Å². The van der Waals surface area contributed by atoms with Crippen molar-refractivity contribution in [1.29, 1.82) is 0 Å². The molecule has 8 heteroatoms. The van der Waals surface area contributed by atoms with Crippen molar-refractivity contribution >= 4 is 12.0 Å². The highest BCUT2D eigenvalue weighted by Crippen LogP contribution is 2.26. The first kappa shape index (κ1) is 19.4. The van der Waals surface area contributed by atoms with Crippen molar-refractivity contribution in [2.75, 3.05) is 7.11 Å². The maximum atomic E-state index is 11.9. The molecule has 0 spiro atoms. The number of ether oxygens (including phenoxy) is 1. The van der Waals surface area contributed by atoms with Gasteiger partial charge in [-0.2, -0.15) is 0 Å². The van der Waals surface area contributed by atoms with E-state index in [0.29, 0.717) is 17.9 Å². The Bertz CT molecular complexity index is 776. The Morgan fingerprint density at radius 3 is 2.69 bits per heavy atom. The van der Waals surface area contributed by atoms with Crippen molar-refractivity contribution in [2.45, 2.75) is 13.2 Å². The number of methoxy groups -OCH3 is 1. The fourth-order valence-corrected chi connectivity index (χ4v) is 2.18. The number of amides is 1. The van der Waals surface area contributed by atoms with E-state index < -0.39 is 0 Å². The lowest BCUT2D eigenvalue weighted by Gasteiger charge is -2.08. The summed E-state index contributed by atoms with van der Waals surface area (Å²) in [6.07, 6.45) is 2.99. The van der Waals surface area contributed by atoms with Gasteiger partial charge in [0.1, 0.15) is 0 Å². The number of carbonyl (C=O) groups excluding carboxylic acids is 1. The van der Waals surface area contributed by atoms with Gasteiger partial charge in [0.2, 0.25) is 5.91 Å². The highest BCUT2D eigenvalue weighted by Gasteiger charge is 2.03. The van der Waals surface area contributed by atoms with Crippen molar-refractivity contribution in [3.05, 3.63) is 65.2 Å². The number of benzene rings is 2. The number of carbonyl (C=O) groups is 1. The van der Waals surface area contributed by atoms with Gasteiger partial charge in [-0.15, -0.1) is 0 Å². The van der Waals surface area contributed by atoms with Gasteiger partial charge >= 0.3 is 0 Å². The lowest BCUT2D eigenvalue weighted by molar-refractivity contribution is -0.497. The minimum absolute atomic E-state index is 0.0165. The third-order valence-electron chi connectivity index (χ3n) is 3.44. The van der Waals surface area contributed by atoms with Crippen LogP contribution >= 0.6 is 0 Å². The van der Waals surface area contributed by atoms with Crippen molar-refractivity contribution in [3.8, 4) is 11.5 Å². The minimum Gasteiger partial charge on any atom is -0.504 e. The summed E-state index contributed by atoms with van der Waals surface area (Å²) in [5, 5.41) is 29.0. The fraction of sp³-hybridized carbons (Fsp3) is 0.167. The van der Waals surface area contributed by atoms with E-state index in [9.17, 15) is 9.90 Å². The number of phenols is 1. The molecule has 0 radical (unpaired) electrons. The molecular formula is C18H20N2O6. The van der Waals surface area contributed by atoms with Crippen LogP contribution in [0.3, 0.4) is 0 Å². The fourth-order valence-electron chi connectivity index (χ4n) is 2.18. The molecule has 2 aromatic carbocycles. The zero-order valence-electron chi connectivity index (χ0n) is 14.1. The van der Waals surface area contributed by atoms with Crippen LogP contribution in [0, 0.1) is 0 Å². The van der Waals surface area contributed by atoms with Crippen LogP contribution in [0.2, 0.25) is 0 Å². The van der Waals surface area contributed by atoms with E-state index in [1.165, 1.54) is 19.3 Å². The maximum Gasteiger partial charge on any atom is 0.244 e. The first-order valence-corrected chi connectivity index (χ1v) is 7.69. The molecule has 0 aromatic heterocycles. The Morgan fingerprint density at radius 1 is 1.19 bits per heavy atom. The third-order valence-corrected chi connectivity index (χ3v) is 3.44. The van der Waals surface area contributed by atoms with Gasteiger partial charge in [0.05, 0.1) is 19.1 Å². The predicted molar refractivity (Wildman–Crippen MR) is 92.2 cm³/mol. The molecule has 0 unspecified atom stereocenters. The van der Waals surface area contributed by atoms with Crippen LogP contribution < -0.4 is 10.1 Å². The third kappa shape index (κ3) is 6.19. The molecule has 0 aliphatic carbocycles. The minimum atomic E-state index is -0.350. The topological polar surface area (TPSA) is 111 Å². The smallest absolute Gasteiger partial charge is 0.244 e. The Balaban J connectivity index is 1.89. The number of hydrogen-bond acceptors (Lipinski definition) is 7. The maximum absolute atomic E-state index is 11.9. The molecule has 0 fully saturated rings. The number of rotatable bonds is 8. The number of nitrogens with one attached hydrogen (secondary N) is 1. The first-order valence-electron chi connectivity index (χ1n) is 7.69. The van der Waals surface area contributed by atoms with Crippen LogP contribution in [0.15, 0.2) is 48.5 Å². The molecule has 0 aliphatic heterocycles. The molecule has 1 amide bonds. The van der Waals surface area contributed by atoms with E-state index >= 15 is 0 Å². The van der Waals surface area contributed by atoms with Crippen molar-refractivity contribution in [1.82, 2.24) is 10.7 Å². The molecule has 0 bridgehead atoms. The Morgan fingerprint density at radius 2 is 1.96 bits per heavy atom. The molecule has 4 N–H and O–H groups in total. The van der Waals surface area contributed by atoms with E-state index in [1.807, 2.05) is 6.07 Å². The van der Waals surface area contributed by atoms with Crippen LogP contribution in [-0.2, 0) is 22.8 Å². The Kier molecular flexibility index (Phi) is 7.12. The molecule has 138 valence electrons. The molecule has 26 heavy (non-hydrogen) atoms. The SMILES string of the molecule is COc1cc(/C=C/C(=O)NCc2cccc(CON(O)O)c2)ccc1O. The second-order valence-corrected chi connectivity index (χ2v) is 5.33. The normalized spacial score (nSPS) is 11.1. The monoisotopic (exact) mass is 360 g/mol. The van der Waals surface area contributed by atoms with Gasteiger partial charge < -0.3 is 15.2 Å². The van der Waals surface area contributed by atoms with E-state index in [-0.39, 0.29) is 23.7 Å². The first-order chi connectivity index (χ1) is 12.5. The molecular weight excluding hydrogens is 340 g/mol. The van der Waals surface area contributed by atoms with Crippen molar-refractivity contribution < 1.29 is 29.9 Å². The molecule has 0 heterocycles. The van der Waals surface area contributed by atoms with Crippen LogP contribution in [-0.4, -0.2) is 33.9 Å². The van der Waals surface area contributed by atoms with Gasteiger partial charge in [0.15, 0.2) is 11.5 Å². The highest BCUT2D eigenvalue weighted by molar-refractivity contribution is 5.91. The number of hydrogen-bond donors (Lipinski definition) is 4. The zero-order valence-corrected chi connectivity index (χ0v) is 14.1. The summed E-state index contributed by atoms with van der Waals surface area (Å²) >= 11 is 0. The quantitative estimate of drug-likeness (QED) is 0.422. The summed E-state index contributed by atoms with van der Waals surface area (Å²) in [6.45, 7) is 0.287. The molecule has 8 nitrogen and oxygen atoms in total. The second-order valence-electron chi connectivity index (χ2n) is 5.33. The zero-order chi connectivity index (χ0) is 18.9. The number of phenolic OH excluding ortho intramolecular Hbond substituents is 1. The summed E-state index contributed by atoms with van der Waals surface area (Å²) in [6, 6.07) is 11.9. The molecule has 2 aromatic rings. The van der Waals surface area contributed by atoms with Gasteiger partial charge in [-0.05, 0) is 34.9 Å². The summed E-state index contributed by atoms with van der Waals surface area (Å²) in [5.41, 5.74) is 2.27.